The summed E-state index contributed by atoms with van der Waals surface area (Å²) in [6, 6.07) is 17.2. The van der Waals surface area contributed by atoms with Crippen LogP contribution in [0.15, 0.2) is 64.8 Å². The van der Waals surface area contributed by atoms with Crippen LogP contribution >= 0.6 is 0 Å². The summed E-state index contributed by atoms with van der Waals surface area (Å²) in [5.74, 6) is 0.135. The topological polar surface area (TPSA) is 71.2 Å². The predicted molar refractivity (Wildman–Crippen MR) is 103 cm³/mol. The molecule has 2 aromatic carbocycles. The van der Waals surface area contributed by atoms with Gasteiger partial charge in [-0.1, -0.05) is 43.9 Å². The number of azo groups is 1. The van der Waals surface area contributed by atoms with Crippen LogP contribution in [-0.4, -0.2) is 17.7 Å². The number of unbranched alkanes of at least 4 members (excludes halogenated alkanes) is 5. The lowest BCUT2D eigenvalue weighted by Gasteiger charge is -2.06. The zero-order valence-corrected chi connectivity index (χ0v) is 15.0. The fraction of sp³-hybridized carbons (Fsp3) is 0.381. The molecule has 138 valence electrons. The van der Waals surface area contributed by atoms with Gasteiger partial charge in [0, 0.05) is 6.42 Å². The molecule has 1 N–H and O–H groups in total. The molecular weight excluding hydrogens is 328 g/mol. The van der Waals surface area contributed by atoms with Gasteiger partial charge >= 0.3 is 5.97 Å². The van der Waals surface area contributed by atoms with Crippen molar-refractivity contribution in [2.45, 2.75) is 44.9 Å². The average Bonchev–Trinajstić information content (AvgIpc) is 2.66. The van der Waals surface area contributed by atoms with Crippen molar-refractivity contribution in [1.82, 2.24) is 0 Å². The Balaban J connectivity index is 1.58. The van der Waals surface area contributed by atoms with Crippen molar-refractivity contribution in [2.24, 2.45) is 10.2 Å². The Hall–Kier alpha value is -2.69. The van der Waals surface area contributed by atoms with Crippen molar-refractivity contribution in [1.29, 1.82) is 0 Å². The molecule has 5 nitrogen and oxygen atoms in total. The lowest BCUT2D eigenvalue weighted by atomic mass is 10.1. The standard InChI is InChI=1S/C21H26N2O3/c24-21(25)12-8-3-1-2-4-9-17-26-20-15-13-19(14-16-20)23-22-18-10-6-5-7-11-18/h5-7,10-11,13-16H,1-4,8-9,12,17H2,(H,24,25). The molecule has 0 amide bonds. The Bertz CT molecular complexity index is 669. The summed E-state index contributed by atoms with van der Waals surface area (Å²) in [5, 5.41) is 17.0. The predicted octanol–water partition coefficient (Wildman–Crippen LogP) is 6.30. The first-order valence-corrected chi connectivity index (χ1v) is 9.15. The number of carboxylic acid groups (broad SMARTS) is 1. The Morgan fingerprint density at radius 3 is 2.00 bits per heavy atom. The highest BCUT2D eigenvalue weighted by molar-refractivity contribution is 5.66. The zero-order chi connectivity index (χ0) is 18.5. The largest absolute Gasteiger partial charge is 0.494 e. The maximum atomic E-state index is 10.4. The first-order chi connectivity index (χ1) is 12.7. The van der Waals surface area contributed by atoms with Crippen molar-refractivity contribution in [3.63, 3.8) is 0 Å². The molecule has 0 bridgehead atoms. The summed E-state index contributed by atoms with van der Waals surface area (Å²) >= 11 is 0. The van der Waals surface area contributed by atoms with Crippen molar-refractivity contribution in [2.75, 3.05) is 6.61 Å². The van der Waals surface area contributed by atoms with Crippen LogP contribution in [0.5, 0.6) is 5.75 Å². The number of benzene rings is 2. The van der Waals surface area contributed by atoms with Gasteiger partial charge in [-0.15, -0.1) is 0 Å². The van der Waals surface area contributed by atoms with E-state index in [1.165, 1.54) is 0 Å². The average molecular weight is 354 g/mol. The summed E-state index contributed by atoms with van der Waals surface area (Å²) < 4.78 is 5.73. The van der Waals surface area contributed by atoms with Crippen molar-refractivity contribution in [3.05, 3.63) is 54.6 Å². The summed E-state index contributed by atoms with van der Waals surface area (Å²) in [6.45, 7) is 0.694. The van der Waals surface area contributed by atoms with Gasteiger partial charge in [-0.2, -0.15) is 10.2 Å². The van der Waals surface area contributed by atoms with Crippen LogP contribution in [0.4, 0.5) is 11.4 Å². The Morgan fingerprint density at radius 1 is 0.769 bits per heavy atom. The molecule has 26 heavy (non-hydrogen) atoms. The van der Waals surface area contributed by atoms with Gasteiger partial charge in [0.05, 0.1) is 18.0 Å². The second kappa shape index (κ2) is 11.8. The summed E-state index contributed by atoms with van der Waals surface area (Å²) in [6.07, 6.45) is 6.39. The second-order valence-corrected chi connectivity index (χ2v) is 6.14. The van der Waals surface area contributed by atoms with Crippen molar-refractivity contribution < 1.29 is 14.6 Å². The lowest BCUT2D eigenvalue weighted by molar-refractivity contribution is -0.137. The molecule has 0 aliphatic heterocycles. The van der Waals surface area contributed by atoms with E-state index in [9.17, 15) is 4.79 Å². The zero-order valence-electron chi connectivity index (χ0n) is 15.0. The number of ether oxygens (including phenoxy) is 1. The third kappa shape index (κ3) is 8.42. The second-order valence-electron chi connectivity index (χ2n) is 6.14. The van der Waals surface area contributed by atoms with E-state index in [0.29, 0.717) is 6.61 Å². The molecule has 0 radical (unpaired) electrons. The van der Waals surface area contributed by atoms with Crippen molar-refractivity contribution >= 4 is 17.3 Å². The first kappa shape index (κ1) is 19.6. The van der Waals surface area contributed by atoms with Gasteiger partial charge in [-0.3, -0.25) is 4.79 Å². The quantitative estimate of drug-likeness (QED) is 0.359. The Labute approximate surface area is 154 Å². The van der Waals surface area contributed by atoms with Gasteiger partial charge in [0.1, 0.15) is 5.75 Å². The number of nitrogens with zero attached hydrogens (tertiary/aromatic N) is 2. The third-order valence-corrected chi connectivity index (χ3v) is 3.93. The van der Waals surface area contributed by atoms with E-state index in [1.807, 2.05) is 54.6 Å². The van der Waals surface area contributed by atoms with Crippen LogP contribution in [0.1, 0.15) is 44.9 Å². The number of aliphatic carboxylic acids is 1. The molecule has 2 rings (SSSR count). The number of carboxylic acids is 1. The van der Waals surface area contributed by atoms with Gasteiger partial charge in [-0.05, 0) is 49.2 Å². The minimum Gasteiger partial charge on any atom is -0.494 e. The fourth-order valence-corrected chi connectivity index (χ4v) is 2.49. The molecular formula is C21H26N2O3. The van der Waals surface area contributed by atoms with Gasteiger partial charge in [-0.25, -0.2) is 0 Å². The van der Waals surface area contributed by atoms with Gasteiger partial charge < -0.3 is 9.84 Å². The molecule has 0 aromatic heterocycles. The molecule has 0 aliphatic carbocycles. The number of hydrogen-bond acceptors (Lipinski definition) is 4. The molecule has 0 fully saturated rings. The molecule has 5 heteroatoms. The summed E-state index contributed by atoms with van der Waals surface area (Å²) in [7, 11) is 0. The van der Waals surface area contributed by atoms with E-state index < -0.39 is 5.97 Å². The molecule has 0 saturated heterocycles. The highest BCUT2D eigenvalue weighted by Gasteiger charge is 1.98. The SMILES string of the molecule is O=C(O)CCCCCCCCOc1ccc(N=Nc2ccccc2)cc1. The van der Waals surface area contributed by atoms with E-state index in [4.69, 9.17) is 9.84 Å². The van der Waals surface area contributed by atoms with E-state index >= 15 is 0 Å². The molecule has 0 heterocycles. The Morgan fingerprint density at radius 2 is 1.35 bits per heavy atom. The van der Waals surface area contributed by atoms with Gasteiger partial charge in [0.2, 0.25) is 0 Å². The van der Waals surface area contributed by atoms with E-state index in [1.54, 1.807) is 0 Å². The first-order valence-electron chi connectivity index (χ1n) is 9.15. The highest BCUT2D eigenvalue weighted by atomic mass is 16.5. The van der Waals surface area contributed by atoms with Crippen LogP contribution in [-0.2, 0) is 4.79 Å². The smallest absolute Gasteiger partial charge is 0.303 e. The van der Waals surface area contributed by atoms with E-state index in [0.717, 1.165) is 55.6 Å². The van der Waals surface area contributed by atoms with Crippen LogP contribution in [0, 0.1) is 0 Å². The molecule has 0 spiro atoms. The molecule has 0 aliphatic rings. The van der Waals surface area contributed by atoms with Crippen LogP contribution in [0.3, 0.4) is 0 Å². The van der Waals surface area contributed by atoms with Gasteiger partial charge in [0.15, 0.2) is 0 Å². The van der Waals surface area contributed by atoms with Crippen LogP contribution in [0.25, 0.3) is 0 Å². The maximum absolute atomic E-state index is 10.4. The Kier molecular flexibility index (Phi) is 8.90. The summed E-state index contributed by atoms with van der Waals surface area (Å²) in [4.78, 5) is 10.4. The van der Waals surface area contributed by atoms with Crippen molar-refractivity contribution in [3.8, 4) is 5.75 Å². The number of hydrogen-bond donors (Lipinski definition) is 1. The maximum Gasteiger partial charge on any atom is 0.303 e. The number of rotatable bonds is 12. The third-order valence-electron chi connectivity index (χ3n) is 3.93. The monoisotopic (exact) mass is 354 g/mol. The summed E-state index contributed by atoms with van der Waals surface area (Å²) in [5.41, 5.74) is 1.62. The molecule has 0 saturated carbocycles. The number of carbonyl (C=O) groups is 1. The highest BCUT2D eigenvalue weighted by Crippen LogP contribution is 2.21. The lowest BCUT2D eigenvalue weighted by Crippen LogP contribution is -1.97. The molecule has 2 aromatic rings. The van der Waals surface area contributed by atoms with Crippen LogP contribution in [0.2, 0.25) is 0 Å². The fourth-order valence-electron chi connectivity index (χ4n) is 2.49. The van der Waals surface area contributed by atoms with E-state index in [-0.39, 0.29) is 6.42 Å². The minimum absolute atomic E-state index is 0.282. The molecule has 0 atom stereocenters. The normalized spacial score (nSPS) is 10.9. The van der Waals surface area contributed by atoms with Crippen LogP contribution < -0.4 is 4.74 Å². The van der Waals surface area contributed by atoms with E-state index in [2.05, 4.69) is 10.2 Å². The molecule has 0 unspecified atom stereocenters. The van der Waals surface area contributed by atoms with Gasteiger partial charge in [0.25, 0.3) is 0 Å². The minimum atomic E-state index is -0.703.